The predicted molar refractivity (Wildman–Crippen MR) is 74.3 cm³/mol. The Bertz CT molecular complexity index is 603. The minimum Gasteiger partial charge on any atom is -0.508 e. The smallest absolute Gasteiger partial charge is 0.293 e. The molecule has 5 heteroatoms. The van der Waals surface area contributed by atoms with E-state index in [0.29, 0.717) is 12.4 Å². The minimum absolute atomic E-state index is 0.102. The molecule has 1 aromatic carbocycles. The number of benzene rings is 1. The monoisotopic (exact) mass is 259 g/mol. The predicted octanol–water partition coefficient (Wildman–Crippen LogP) is 2.14. The molecule has 0 atom stereocenters. The van der Waals surface area contributed by atoms with Crippen LogP contribution in [-0.4, -0.2) is 14.7 Å². The minimum atomic E-state index is -0.128. The second-order valence-corrected chi connectivity index (χ2v) is 4.60. The fraction of sp³-hybridized carbons (Fsp3) is 0.286. The molecule has 1 aromatic heterocycles. The maximum atomic E-state index is 12.1. The van der Waals surface area contributed by atoms with Crippen LogP contribution in [0.1, 0.15) is 25.5 Å². The molecule has 0 bridgehead atoms. The Kier molecular flexibility index (Phi) is 3.85. The summed E-state index contributed by atoms with van der Waals surface area (Å²) in [5.74, 6) is 0.563. The van der Waals surface area contributed by atoms with Crippen LogP contribution in [0.5, 0.6) is 5.75 Å². The van der Waals surface area contributed by atoms with E-state index in [4.69, 9.17) is 0 Å². The zero-order valence-electron chi connectivity index (χ0n) is 11.0. The quantitative estimate of drug-likeness (QED) is 0.882. The number of nitrogens with zero attached hydrogens (tertiary/aromatic N) is 2. The van der Waals surface area contributed by atoms with Gasteiger partial charge >= 0.3 is 0 Å². The van der Waals surface area contributed by atoms with E-state index in [1.807, 2.05) is 13.8 Å². The third-order valence-electron chi connectivity index (χ3n) is 2.82. The Hall–Kier alpha value is -2.30. The molecule has 2 rings (SSSR count). The average molecular weight is 259 g/mol. The summed E-state index contributed by atoms with van der Waals surface area (Å²) in [5, 5.41) is 12.2. The number of phenols is 1. The van der Waals surface area contributed by atoms with E-state index in [1.54, 1.807) is 41.2 Å². The van der Waals surface area contributed by atoms with Gasteiger partial charge in [-0.05, 0) is 31.5 Å². The van der Waals surface area contributed by atoms with Gasteiger partial charge in [0.1, 0.15) is 5.75 Å². The number of nitrogens with one attached hydrogen (secondary N) is 1. The van der Waals surface area contributed by atoms with Crippen LogP contribution < -0.4 is 10.9 Å². The van der Waals surface area contributed by atoms with E-state index < -0.39 is 0 Å². The van der Waals surface area contributed by atoms with Gasteiger partial charge in [0.25, 0.3) is 5.56 Å². The second kappa shape index (κ2) is 5.56. The zero-order valence-corrected chi connectivity index (χ0v) is 11.0. The summed E-state index contributed by atoms with van der Waals surface area (Å²) in [5.41, 5.74) is 0.843. The maximum absolute atomic E-state index is 12.1. The second-order valence-electron chi connectivity index (χ2n) is 4.60. The van der Waals surface area contributed by atoms with Crippen LogP contribution in [0.4, 0.5) is 5.82 Å². The van der Waals surface area contributed by atoms with Crippen molar-refractivity contribution in [3.05, 3.63) is 52.6 Å². The molecule has 0 aliphatic carbocycles. The molecule has 0 saturated carbocycles. The lowest BCUT2D eigenvalue weighted by atomic mass is 10.2. The highest BCUT2D eigenvalue weighted by molar-refractivity contribution is 5.34. The van der Waals surface area contributed by atoms with Gasteiger partial charge in [-0.2, -0.15) is 0 Å². The van der Waals surface area contributed by atoms with Gasteiger partial charge in [-0.15, -0.1) is 0 Å². The lowest BCUT2D eigenvalue weighted by Crippen LogP contribution is -2.25. The van der Waals surface area contributed by atoms with Crippen molar-refractivity contribution in [3.63, 3.8) is 0 Å². The van der Waals surface area contributed by atoms with Gasteiger partial charge < -0.3 is 15.0 Å². The molecule has 100 valence electrons. The standard InChI is InChI=1S/C14H17N3O2/c1-10(2)17-8-7-15-13(14(17)19)16-9-11-3-5-12(18)6-4-11/h3-8,10,18H,9H2,1-2H3,(H,15,16). The molecular formula is C14H17N3O2. The first-order valence-corrected chi connectivity index (χ1v) is 6.17. The molecule has 2 aromatic rings. The molecular weight excluding hydrogens is 242 g/mol. The normalized spacial score (nSPS) is 10.7. The van der Waals surface area contributed by atoms with Crippen LogP contribution in [-0.2, 0) is 6.54 Å². The van der Waals surface area contributed by atoms with E-state index in [0.717, 1.165) is 5.56 Å². The van der Waals surface area contributed by atoms with Crippen molar-refractivity contribution < 1.29 is 5.11 Å². The number of aromatic hydroxyl groups is 1. The molecule has 0 aliphatic heterocycles. The van der Waals surface area contributed by atoms with Crippen LogP contribution in [0, 0.1) is 0 Å². The van der Waals surface area contributed by atoms with Gasteiger partial charge in [-0.1, -0.05) is 12.1 Å². The van der Waals surface area contributed by atoms with Gasteiger partial charge in [0.05, 0.1) is 0 Å². The van der Waals surface area contributed by atoms with Crippen LogP contribution in [0.15, 0.2) is 41.5 Å². The van der Waals surface area contributed by atoms with Crippen molar-refractivity contribution in [1.82, 2.24) is 9.55 Å². The van der Waals surface area contributed by atoms with E-state index in [9.17, 15) is 9.90 Å². The van der Waals surface area contributed by atoms with Gasteiger partial charge in [0, 0.05) is 25.0 Å². The average Bonchev–Trinajstić information content (AvgIpc) is 2.39. The van der Waals surface area contributed by atoms with Crippen LogP contribution >= 0.6 is 0 Å². The Morgan fingerprint density at radius 1 is 1.32 bits per heavy atom. The molecule has 2 N–H and O–H groups in total. The molecule has 0 radical (unpaired) electrons. The van der Waals surface area contributed by atoms with E-state index >= 15 is 0 Å². The van der Waals surface area contributed by atoms with Gasteiger partial charge in [-0.25, -0.2) is 4.98 Å². The Balaban J connectivity index is 2.14. The van der Waals surface area contributed by atoms with Crippen LogP contribution in [0.25, 0.3) is 0 Å². The molecule has 0 aliphatic rings. The molecule has 19 heavy (non-hydrogen) atoms. The van der Waals surface area contributed by atoms with Gasteiger partial charge in [-0.3, -0.25) is 4.79 Å². The van der Waals surface area contributed by atoms with Crippen LogP contribution in [0.2, 0.25) is 0 Å². The third-order valence-corrected chi connectivity index (χ3v) is 2.82. The fourth-order valence-corrected chi connectivity index (χ4v) is 1.75. The van der Waals surface area contributed by atoms with E-state index in [-0.39, 0.29) is 17.4 Å². The lowest BCUT2D eigenvalue weighted by Gasteiger charge is -2.11. The maximum Gasteiger partial charge on any atom is 0.293 e. The summed E-state index contributed by atoms with van der Waals surface area (Å²) in [4.78, 5) is 16.1. The third kappa shape index (κ3) is 3.13. The number of hydrogen-bond donors (Lipinski definition) is 2. The Labute approximate surface area is 111 Å². The number of aromatic nitrogens is 2. The summed E-state index contributed by atoms with van der Waals surface area (Å²) < 4.78 is 1.63. The largest absolute Gasteiger partial charge is 0.508 e. The van der Waals surface area contributed by atoms with E-state index in [2.05, 4.69) is 10.3 Å². The Morgan fingerprint density at radius 2 is 2.00 bits per heavy atom. The fourth-order valence-electron chi connectivity index (χ4n) is 1.75. The highest BCUT2D eigenvalue weighted by Crippen LogP contribution is 2.10. The van der Waals surface area contributed by atoms with Crippen molar-refractivity contribution in [2.75, 3.05) is 5.32 Å². The van der Waals surface area contributed by atoms with Crippen LogP contribution in [0.3, 0.4) is 0 Å². The molecule has 0 unspecified atom stereocenters. The van der Waals surface area contributed by atoms with Gasteiger partial charge in [0.15, 0.2) is 5.82 Å². The van der Waals surface area contributed by atoms with Crippen molar-refractivity contribution in [2.24, 2.45) is 0 Å². The number of hydrogen-bond acceptors (Lipinski definition) is 4. The highest BCUT2D eigenvalue weighted by Gasteiger charge is 2.06. The molecule has 0 spiro atoms. The number of rotatable bonds is 4. The summed E-state index contributed by atoms with van der Waals surface area (Å²) in [7, 11) is 0. The Morgan fingerprint density at radius 3 is 2.63 bits per heavy atom. The molecule has 1 heterocycles. The molecule has 5 nitrogen and oxygen atoms in total. The summed E-state index contributed by atoms with van der Waals surface area (Å²) in [6.45, 7) is 4.39. The first-order chi connectivity index (χ1) is 9.08. The van der Waals surface area contributed by atoms with Crippen molar-refractivity contribution in [3.8, 4) is 5.75 Å². The van der Waals surface area contributed by atoms with Crippen molar-refractivity contribution in [1.29, 1.82) is 0 Å². The van der Waals surface area contributed by atoms with Crippen molar-refractivity contribution >= 4 is 5.82 Å². The topological polar surface area (TPSA) is 67.2 Å². The zero-order chi connectivity index (χ0) is 13.8. The first-order valence-electron chi connectivity index (χ1n) is 6.17. The highest BCUT2D eigenvalue weighted by atomic mass is 16.3. The lowest BCUT2D eigenvalue weighted by molar-refractivity contribution is 0.475. The summed E-state index contributed by atoms with van der Waals surface area (Å²) >= 11 is 0. The molecule has 0 amide bonds. The summed E-state index contributed by atoms with van der Waals surface area (Å²) in [6.07, 6.45) is 3.29. The number of anilines is 1. The SMILES string of the molecule is CC(C)n1ccnc(NCc2ccc(O)cc2)c1=O. The van der Waals surface area contributed by atoms with Gasteiger partial charge in [0.2, 0.25) is 0 Å². The first kappa shape index (κ1) is 13.1. The summed E-state index contributed by atoms with van der Waals surface area (Å²) in [6, 6.07) is 6.92. The molecule has 0 fully saturated rings. The molecule has 0 saturated heterocycles. The van der Waals surface area contributed by atoms with E-state index in [1.165, 1.54) is 0 Å². The number of phenolic OH excluding ortho intramolecular Hbond substituents is 1. The van der Waals surface area contributed by atoms with Crippen molar-refractivity contribution in [2.45, 2.75) is 26.4 Å².